The smallest absolute Gasteiger partial charge is 0.115 e. The summed E-state index contributed by atoms with van der Waals surface area (Å²) in [4.78, 5) is 0. The Balaban J connectivity index is 2.24. The number of nitrogens with zero attached hydrogens (tertiary/aromatic N) is 1. The van der Waals surface area contributed by atoms with Crippen LogP contribution in [0, 0.1) is 11.3 Å². The third-order valence-corrected chi connectivity index (χ3v) is 2.37. The van der Waals surface area contributed by atoms with Gasteiger partial charge in [-0.05, 0) is 41.8 Å². The van der Waals surface area contributed by atoms with Gasteiger partial charge in [-0.1, -0.05) is 24.3 Å². The zero-order valence-corrected chi connectivity index (χ0v) is 8.72. The molecule has 0 saturated carbocycles. The Bertz CT molecular complexity index is 540. The molecule has 2 heteroatoms. The fourth-order valence-corrected chi connectivity index (χ4v) is 1.65. The lowest BCUT2D eigenvalue weighted by atomic mass is 10.0. The van der Waals surface area contributed by atoms with E-state index >= 15 is 0 Å². The molecule has 0 saturated heterocycles. The average Bonchev–Trinajstić information content (AvgIpc) is 2.29. The molecule has 0 heterocycles. The molecule has 0 amide bonds. The van der Waals surface area contributed by atoms with E-state index < -0.39 is 0 Å². The van der Waals surface area contributed by atoms with Gasteiger partial charge in [-0.15, -0.1) is 0 Å². The number of hydrogen-bond acceptors (Lipinski definition) is 2. The molecule has 2 aromatic rings. The van der Waals surface area contributed by atoms with Crippen LogP contribution in [0.2, 0.25) is 0 Å². The molecule has 2 rings (SSSR count). The van der Waals surface area contributed by atoms with Crippen molar-refractivity contribution >= 4 is 0 Å². The lowest BCUT2D eigenvalue weighted by Gasteiger charge is -2.02. The lowest BCUT2D eigenvalue weighted by Crippen LogP contribution is -1.88. The first kappa shape index (κ1) is 10.3. The number of benzene rings is 2. The molecule has 16 heavy (non-hydrogen) atoms. The summed E-state index contributed by atoms with van der Waals surface area (Å²) < 4.78 is 0. The van der Waals surface area contributed by atoms with E-state index in [1.807, 2.05) is 30.3 Å². The Morgan fingerprint density at radius 2 is 1.69 bits per heavy atom. The second-order valence-electron chi connectivity index (χ2n) is 3.66. The quantitative estimate of drug-likeness (QED) is 0.826. The highest BCUT2D eigenvalue weighted by atomic mass is 16.3. The number of phenolic OH excluding ortho intramolecular Hbond substituents is 1. The van der Waals surface area contributed by atoms with E-state index in [0.29, 0.717) is 5.56 Å². The van der Waals surface area contributed by atoms with Crippen molar-refractivity contribution in [1.29, 1.82) is 5.26 Å². The topological polar surface area (TPSA) is 44.0 Å². The summed E-state index contributed by atoms with van der Waals surface area (Å²) in [6.45, 7) is 0. The van der Waals surface area contributed by atoms with Crippen LogP contribution in [-0.4, -0.2) is 5.11 Å². The molecule has 78 valence electrons. The Morgan fingerprint density at radius 3 is 2.38 bits per heavy atom. The predicted molar refractivity (Wildman–Crippen MR) is 62.1 cm³/mol. The minimum Gasteiger partial charge on any atom is -0.508 e. The first-order valence-corrected chi connectivity index (χ1v) is 5.05. The van der Waals surface area contributed by atoms with Crippen LogP contribution in [0.3, 0.4) is 0 Å². The van der Waals surface area contributed by atoms with Gasteiger partial charge in [0, 0.05) is 0 Å². The summed E-state index contributed by atoms with van der Waals surface area (Å²) in [5.41, 5.74) is 2.78. The fraction of sp³-hybridized carbons (Fsp3) is 0.0714. The minimum atomic E-state index is 0.272. The molecule has 0 spiro atoms. The molecule has 0 atom stereocenters. The highest BCUT2D eigenvalue weighted by Gasteiger charge is 1.98. The van der Waals surface area contributed by atoms with Crippen molar-refractivity contribution in [2.75, 3.05) is 0 Å². The number of aromatic hydroxyl groups is 1. The lowest BCUT2D eigenvalue weighted by molar-refractivity contribution is 0.474. The van der Waals surface area contributed by atoms with Crippen LogP contribution in [0.5, 0.6) is 5.75 Å². The molecule has 0 aliphatic heterocycles. The monoisotopic (exact) mass is 209 g/mol. The number of nitriles is 1. The highest BCUT2D eigenvalue weighted by Crippen LogP contribution is 2.15. The molecule has 0 radical (unpaired) electrons. The molecular weight excluding hydrogens is 198 g/mol. The molecule has 0 unspecified atom stereocenters. The van der Waals surface area contributed by atoms with Crippen LogP contribution in [0.15, 0.2) is 48.5 Å². The van der Waals surface area contributed by atoms with Crippen LogP contribution >= 0.6 is 0 Å². The average molecular weight is 209 g/mol. The van der Waals surface area contributed by atoms with Crippen LogP contribution in [0.1, 0.15) is 16.7 Å². The van der Waals surface area contributed by atoms with Crippen molar-refractivity contribution in [3.63, 3.8) is 0 Å². The Hall–Kier alpha value is -2.27. The first-order valence-electron chi connectivity index (χ1n) is 5.05. The largest absolute Gasteiger partial charge is 0.508 e. The van der Waals surface area contributed by atoms with Crippen LogP contribution in [0.25, 0.3) is 0 Å². The van der Waals surface area contributed by atoms with Crippen LogP contribution in [0.4, 0.5) is 0 Å². The van der Waals surface area contributed by atoms with E-state index in [1.165, 1.54) is 0 Å². The zero-order chi connectivity index (χ0) is 11.4. The van der Waals surface area contributed by atoms with Crippen molar-refractivity contribution in [2.24, 2.45) is 0 Å². The summed E-state index contributed by atoms with van der Waals surface area (Å²) in [6, 6.07) is 16.8. The van der Waals surface area contributed by atoms with Gasteiger partial charge in [0.1, 0.15) is 5.75 Å². The van der Waals surface area contributed by atoms with E-state index in [2.05, 4.69) is 6.07 Å². The summed E-state index contributed by atoms with van der Waals surface area (Å²) >= 11 is 0. The molecule has 0 aliphatic carbocycles. The molecular formula is C14H11NO. The van der Waals surface area contributed by atoms with Gasteiger partial charge in [0.15, 0.2) is 0 Å². The maximum absolute atomic E-state index is 9.34. The third-order valence-electron chi connectivity index (χ3n) is 2.37. The summed E-state index contributed by atoms with van der Waals surface area (Å²) in [6.07, 6.45) is 0.726. The third kappa shape index (κ3) is 2.40. The standard InChI is InChI=1S/C14H11NO/c15-10-13-5-1-3-11(8-13)7-12-4-2-6-14(16)9-12/h1-6,8-9,16H,7H2. The maximum atomic E-state index is 9.34. The molecule has 2 nitrogen and oxygen atoms in total. The van der Waals surface area contributed by atoms with Crippen molar-refractivity contribution in [1.82, 2.24) is 0 Å². The minimum absolute atomic E-state index is 0.272. The predicted octanol–water partition coefficient (Wildman–Crippen LogP) is 2.85. The second-order valence-corrected chi connectivity index (χ2v) is 3.66. The van der Waals surface area contributed by atoms with Gasteiger partial charge < -0.3 is 5.11 Å². The van der Waals surface area contributed by atoms with Gasteiger partial charge in [0.2, 0.25) is 0 Å². The van der Waals surface area contributed by atoms with Gasteiger partial charge in [0.25, 0.3) is 0 Å². The molecule has 2 aromatic carbocycles. The fourth-order valence-electron chi connectivity index (χ4n) is 1.65. The Labute approximate surface area is 94.4 Å². The molecule has 0 aromatic heterocycles. The van der Waals surface area contributed by atoms with E-state index in [1.54, 1.807) is 18.2 Å². The van der Waals surface area contributed by atoms with Crippen LogP contribution in [-0.2, 0) is 6.42 Å². The number of phenols is 1. The van der Waals surface area contributed by atoms with Gasteiger partial charge in [-0.2, -0.15) is 5.26 Å². The first-order chi connectivity index (χ1) is 7.78. The maximum Gasteiger partial charge on any atom is 0.115 e. The van der Waals surface area contributed by atoms with Gasteiger partial charge >= 0.3 is 0 Å². The van der Waals surface area contributed by atoms with E-state index in [4.69, 9.17) is 5.26 Å². The Morgan fingerprint density at radius 1 is 1.00 bits per heavy atom. The van der Waals surface area contributed by atoms with Gasteiger partial charge in [0.05, 0.1) is 11.6 Å². The van der Waals surface area contributed by atoms with Crippen LogP contribution < -0.4 is 0 Å². The zero-order valence-electron chi connectivity index (χ0n) is 8.72. The van der Waals surface area contributed by atoms with E-state index in [0.717, 1.165) is 17.5 Å². The highest BCUT2D eigenvalue weighted by molar-refractivity contribution is 5.37. The SMILES string of the molecule is N#Cc1cccc(Cc2cccc(O)c2)c1. The molecule has 0 bridgehead atoms. The molecule has 0 aliphatic rings. The number of rotatable bonds is 2. The van der Waals surface area contributed by atoms with E-state index in [-0.39, 0.29) is 5.75 Å². The number of hydrogen-bond donors (Lipinski definition) is 1. The van der Waals surface area contributed by atoms with Crippen molar-refractivity contribution in [3.8, 4) is 11.8 Å². The van der Waals surface area contributed by atoms with Gasteiger partial charge in [-0.3, -0.25) is 0 Å². The van der Waals surface area contributed by atoms with Gasteiger partial charge in [-0.25, -0.2) is 0 Å². The van der Waals surface area contributed by atoms with Crippen molar-refractivity contribution in [2.45, 2.75) is 6.42 Å². The summed E-state index contributed by atoms with van der Waals surface area (Å²) in [5, 5.41) is 18.1. The summed E-state index contributed by atoms with van der Waals surface area (Å²) in [7, 11) is 0. The summed E-state index contributed by atoms with van der Waals surface area (Å²) in [5.74, 6) is 0.272. The van der Waals surface area contributed by atoms with Crippen molar-refractivity contribution < 1.29 is 5.11 Å². The molecule has 1 N–H and O–H groups in total. The molecule has 0 fully saturated rings. The van der Waals surface area contributed by atoms with Crippen molar-refractivity contribution in [3.05, 3.63) is 65.2 Å². The Kier molecular flexibility index (Phi) is 2.88. The normalized spacial score (nSPS) is 9.69. The van der Waals surface area contributed by atoms with E-state index in [9.17, 15) is 5.11 Å². The second kappa shape index (κ2) is 4.50.